The van der Waals surface area contributed by atoms with E-state index in [1.165, 1.54) is 40.9 Å². The second kappa shape index (κ2) is 15.6. The molecule has 2 N–H and O–H groups in total. The van der Waals surface area contributed by atoms with E-state index in [2.05, 4.69) is 27.4 Å². The number of carbonyl (C=O) groups is 5. The van der Waals surface area contributed by atoms with Crippen LogP contribution in [0.5, 0.6) is 0 Å². The van der Waals surface area contributed by atoms with Gasteiger partial charge in [0.2, 0.25) is 13.0 Å². The highest BCUT2D eigenvalue weighted by Crippen LogP contribution is 2.42. The number of benzene rings is 2. The third-order valence-corrected chi connectivity index (χ3v) is 8.63. The van der Waals surface area contributed by atoms with E-state index >= 15 is 0 Å². The second-order valence-electron chi connectivity index (χ2n) is 12.0. The molecule has 0 spiro atoms. The molecule has 13 nitrogen and oxygen atoms in total. The van der Waals surface area contributed by atoms with Gasteiger partial charge in [0.1, 0.15) is 34.2 Å². The van der Waals surface area contributed by atoms with E-state index in [0.717, 1.165) is 11.1 Å². The van der Waals surface area contributed by atoms with Gasteiger partial charge in [-0.2, -0.15) is 0 Å². The van der Waals surface area contributed by atoms with Crippen molar-refractivity contribution in [2.75, 3.05) is 17.7 Å². The average molecular weight is 698 g/mol. The van der Waals surface area contributed by atoms with Crippen LogP contribution >= 0.6 is 11.8 Å². The number of β-lactam (4-membered cyclic amide) rings is 1. The van der Waals surface area contributed by atoms with Gasteiger partial charge in [-0.05, 0) is 49.6 Å². The number of thioether (sulfide) groups is 1. The van der Waals surface area contributed by atoms with E-state index in [1.807, 2.05) is 60.7 Å². The number of oxime groups is 1. The monoisotopic (exact) mass is 697 g/mol. The highest BCUT2D eigenvalue weighted by atomic mass is 32.2. The summed E-state index contributed by atoms with van der Waals surface area (Å²) in [5, 5.41) is 8.26. The maximum absolute atomic E-state index is 13.9. The lowest BCUT2D eigenvalue weighted by Gasteiger charge is -2.49. The number of esters is 2. The Labute approximate surface area is 292 Å². The lowest BCUT2D eigenvalue weighted by molar-refractivity contribution is -0.160. The van der Waals surface area contributed by atoms with E-state index in [4.69, 9.17) is 14.3 Å². The van der Waals surface area contributed by atoms with Crippen LogP contribution in [0.2, 0.25) is 0 Å². The third-order valence-electron chi connectivity index (χ3n) is 7.33. The molecule has 2 aliphatic heterocycles. The molecular formula is C36H35N5O8S. The fraction of sp³-hybridized carbons (Fsp3) is 0.250. The first kappa shape index (κ1) is 35.5. The lowest BCUT2D eigenvalue weighted by Crippen LogP contribution is -2.71. The molecule has 1 saturated heterocycles. The number of carbonyl (C=O) groups excluding carboxylic acids is 5. The van der Waals surface area contributed by atoms with Crippen LogP contribution in [0.15, 0.2) is 108 Å². The predicted octanol–water partition coefficient (Wildman–Crippen LogP) is 3.89. The molecule has 2 aromatic carbocycles. The molecule has 14 heteroatoms. The van der Waals surface area contributed by atoms with Gasteiger partial charge in [-0.15, -0.1) is 11.8 Å². The first-order chi connectivity index (χ1) is 24.0. The number of hydrogen-bond acceptors (Lipinski definition) is 11. The molecular weight excluding hydrogens is 662 g/mol. The smallest absolute Gasteiger partial charge is 0.356 e. The molecule has 258 valence electrons. The van der Waals surface area contributed by atoms with Gasteiger partial charge < -0.3 is 24.9 Å². The topological polar surface area (TPSA) is 166 Å². The van der Waals surface area contributed by atoms with Crippen LogP contribution in [0.1, 0.15) is 43.7 Å². The van der Waals surface area contributed by atoms with E-state index in [-0.39, 0.29) is 22.9 Å². The first-order valence-corrected chi connectivity index (χ1v) is 16.6. The molecule has 1 fully saturated rings. The molecule has 3 heterocycles. The van der Waals surface area contributed by atoms with Crippen molar-refractivity contribution in [2.45, 2.75) is 43.9 Å². The van der Waals surface area contributed by atoms with Crippen LogP contribution in [-0.2, 0) is 38.3 Å². The van der Waals surface area contributed by atoms with Crippen LogP contribution in [0.4, 0.5) is 5.82 Å². The molecule has 1 aromatic heterocycles. The van der Waals surface area contributed by atoms with Gasteiger partial charge in [0, 0.05) is 5.75 Å². The Morgan fingerprint density at radius 3 is 2.30 bits per heavy atom. The Morgan fingerprint density at radius 1 is 1.04 bits per heavy atom. The Kier molecular flexibility index (Phi) is 11.1. The summed E-state index contributed by atoms with van der Waals surface area (Å²) in [5.41, 5.74) is 0.892. The molecule has 1 unspecified atom stereocenters. The minimum atomic E-state index is -1.06. The minimum Gasteiger partial charge on any atom is -0.457 e. The number of ether oxygens (including phenoxy) is 2. The number of fused-ring (bicyclic) bond motifs is 1. The lowest BCUT2D eigenvalue weighted by atomic mass is 10.0. The van der Waals surface area contributed by atoms with Gasteiger partial charge in [-0.3, -0.25) is 19.3 Å². The Morgan fingerprint density at radius 2 is 1.70 bits per heavy atom. The number of hydrogen-bond donors (Lipinski definition) is 2. The van der Waals surface area contributed by atoms with Gasteiger partial charge >= 0.3 is 11.9 Å². The van der Waals surface area contributed by atoms with Crippen molar-refractivity contribution in [1.82, 2.24) is 15.2 Å². The van der Waals surface area contributed by atoms with Gasteiger partial charge in [-0.25, -0.2) is 14.6 Å². The molecule has 0 aliphatic carbocycles. The number of aromatic nitrogens is 1. The molecule has 3 amide bonds. The molecule has 0 bridgehead atoms. The summed E-state index contributed by atoms with van der Waals surface area (Å²) in [6.07, 6.45) is 1.18. The van der Waals surface area contributed by atoms with Crippen molar-refractivity contribution < 1.29 is 38.3 Å². The van der Waals surface area contributed by atoms with Gasteiger partial charge in [-0.1, -0.05) is 84.5 Å². The number of allylic oxidation sites excluding steroid dienone is 1. The summed E-state index contributed by atoms with van der Waals surface area (Å²) < 4.78 is 11.3. The number of pyridine rings is 1. The standard InChI is InChI=1S/C36H35N5O8S/c1-5-22-20-50-34-29(33(45)41(34)30(22)35(46)48-31(23-13-8-6-9-14-23)24-15-10-7-11-16-24)39-32(44)28(25-17-12-18-26(38-25)37-21-42)40-47-19-27(43)49-36(2,3)4/h5-18,21,29,31,34H,1,19-20H2,2-4H3,(H,39,44)(H,37,38,42)/b40-28+/t29?,34-/m1/s1. The van der Waals surface area contributed by atoms with E-state index in [0.29, 0.717) is 17.7 Å². The first-order valence-electron chi connectivity index (χ1n) is 15.5. The minimum absolute atomic E-state index is 0.00978. The zero-order valence-electron chi connectivity index (χ0n) is 27.5. The number of rotatable bonds is 13. The van der Waals surface area contributed by atoms with Crippen LogP contribution in [0, 0.1) is 0 Å². The van der Waals surface area contributed by atoms with Crippen molar-refractivity contribution >= 4 is 53.5 Å². The van der Waals surface area contributed by atoms with Gasteiger partial charge in [0.05, 0.1) is 0 Å². The molecule has 0 radical (unpaired) electrons. The zero-order chi connectivity index (χ0) is 35.8. The Bertz CT molecular complexity index is 1800. The summed E-state index contributed by atoms with van der Waals surface area (Å²) in [6, 6.07) is 21.9. The van der Waals surface area contributed by atoms with Crippen molar-refractivity contribution in [2.24, 2.45) is 5.16 Å². The largest absolute Gasteiger partial charge is 0.457 e. The SMILES string of the molecule is C=CC1=C(C(=O)OC(c2ccccc2)c2ccccc2)N2C(=O)C(NC(=O)/C(=N/OCC(=O)OC(C)(C)C)c3cccc(NC=O)n3)[C@H]2SC1. The Hall–Kier alpha value is -5.76. The fourth-order valence-corrected chi connectivity index (χ4v) is 6.52. The van der Waals surface area contributed by atoms with Crippen LogP contribution in [0.25, 0.3) is 0 Å². The molecule has 2 atom stereocenters. The highest BCUT2D eigenvalue weighted by molar-refractivity contribution is 8.00. The maximum atomic E-state index is 13.9. The molecule has 50 heavy (non-hydrogen) atoms. The number of nitrogens with zero attached hydrogens (tertiary/aromatic N) is 3. The van der Waals surface area contributed by atoms with Crippen molar-refractivity contribution in [3.8, 4) is 0 Å². The second-order valence-corrected chi connectivity index (χ2v) is 13.1. The fourth-order valence-electron chi connectivity index (χ4n) is 5.18. The molecule has 5 rings (SSSR count). The summed E-state index contributed by atoms with van der Waals surface area (Å²) >= 11 is 1.33. The normalized spacial score (nSPS) is 17.2. The zero-order valence-corrected chi connectivity index (χ0v) is 28.3. The molecule has 2 aliphatic rings. The van der Waals surface area contributed by atoms with E-state index in [9.17, 15) is 24.0 Å². The molecule has 3 aromatic rings. The van der Waals surface area contributed by atoms with Crippen LogP contribution in [0.3, 0.4) is 0 Å². The summed E-state index contributed by atoms with van der Waals surface area (Å²) in [6.45, 7) is 8.30. The molecule has 0 saturated carbocycles. The van der Waals surface area contributed by atoms with E-state index in [1.54, 1.807) is 20.8 Å². The number of amides is 3. The maximum Gasteiger partial charge on any atom is 0.356 e. The quantitative estimate of drug-likeness (QED) is 0.0880. The van der Waals surface area contributed by atoms with Crippen molar-refractivity contribution in [3.05, 3.63) is 120 Å². The van der Waals surface area contributed by atoms with Gasteiger partial charge in [0.15, 0.2) is 11.8 Å². The summed E-state index contributed by atoms with van der Waals surface area (Å²) in [5.74, 6) is -2.41. The van der Waals surface area contributed by atoms with E-state index < -0.39 is 53.5 Å². The number of nitrogens with one attached hydrogen (secondary N) is 2. The third kappa shape index (κ3) is 8.26. The average Bonchev–Trinajstić information content (AvgIpc) is 3.10. The summed E-state index contributed by atoms with van der Waals surface area (Å²) in [4.78, 5) is 75.2. The van der Waals surface area contributed by atoms with Crippen LogP contribution in [-0.4, -0.2) is 75.1 Å². The Balaban J connectivity index is 1.36. The summed E-state index contributed by atoms with van der Waals surface area (Å²) in [7, 11) is 0. The van der Waals surface area contributed by atoms with Gasteiger partial charge in [0.25, 0.3) is 11.8 Å². The number of anilines is 1. The van der Waals surface area contributed by atoms with Crippen molar-refractivity contribution in [1.29, 1.82) is 0 Å². The van der Waals surface area contributed by atoms with Crippen LogP contribution < -0.4 is 10.6 Å². The van der Waals surface area contributed by atoms with Crippen molar-refractivity contribution in [3.63, 3.8) is 0 Å². The predicted molar refractivity (Wildman–Crippen MR) is 185 cm³/mol. The highest BCUT2D eigenvalue weighted by Gasteiger charge is 2.54.